The number of unbranched alkanes of at least 4 members (excludes halogenated alkanes) is 6. The summed E-state index contributed by atoms with van der Waals surface area (Å²) in [5.41, 5.74) is 8.93. The second kappa shape index (κ2) is 12.9. The molecule has 0 aliphatic heterocycles. The number of nitrogens with zero attached hydrogens (tertiary/aromatic N) is 3. The number of thioether (sulfide) groups is 1. The molecule has 0 amide bonds. The Kier molecular flexibility index (Phi) is 10.8. The summed E-state index contributed by atoms with van der Waals surface area (Å²) in [6, 6.07) is 7.14. The first-order chi connectivity index (χ1) is 11.2. The molecule has 1 rings (SSSR count). The van der Waals surface area contributed by atoms with Gasteiger partial charge in [0.15, 0.2) is 5.12 Å². The van der Waals surface area contributed by atoms with Crippen LogP contribution in [0.5, 0.6) is 5.75 Å². The van der Waals surface area contributed by atoms with Crippen LogP contribution in [-0.2, 0) is 4.79 Å². The highest BCUT2D eigenvalue weighted by Crippen LogP contribution is 2.18. The zero-order chi connectivity index (χ0) is 16.8. The van der Waals surface area contributed by atoms with Crippen molar-refractivity contribution >= 4 is 22.6 Å². The maximum absolute atomic E-state index is 10.8. The summed E-state index contributed by atoms with van der Waals surface area (Å²) >= 11 is 1.43. The summed E-state index contributed by atoms with van der Waals surface area (Å²) in [4.78, 5) is 13.5. The van der Waals surface area contributed by atoms with Gasteiger partial charge in [-0.15, -0.1) is 0 Å². The molecule has 0 aliphatic rings. The van der Waals surface area contributed by atoms with E-state index in [0.29, 0.717) is 5.69 Å². The third kappa shape index (κ3) is 10.7. The van der Waals surface area contributed by atoms with Gasteiger partial charge in [0, 0.05) is 23.3 Å². The van der Waals surface area contributed by atoms with Crippen LogP contribution in [0, 0.1) is 0 Å². The van der Waals surface area contributed by atoms with Crippen LogP contribution in [0.25, 0.3) is 10.4 Å². The molecule has 0 atom stereocenters. The molecule has 6 heteroatoms. The van der Waals surface area contributed by atoms with Crippen LogP contribution in [0.4, 0.5) is 5.69 Å². The standard InChI is InChI=1S/C17H25N3O2S/c1-15(21)23-14-8-6-4-2-3-5-7-13-22-17-11-9-16(10-12-17)19-20-18/h9-12H,2-8,13-14H2,1H3. The van der Waals surface area contributed by atoms with E-state index in [2.05, 4.69) is 10.0 Å². The largest absolute Gasteiger partial charge is 0.494 e. The summed E-state index contributed by atoms with van der Waals surface area (Å²) in [6.45, 7) is 2.34. The summed E-state index contributed by atoms with van der Waals surface area (Å²) in [5, 5.41) is 3.74. The quantitative estimate of drug-likeness (QED) is 0.203. The van der Waals surface area contributed by atoms with Gasteiger partial charge >= 0.3 is 0 Å². The van der Waals surface area contributed by atoms with E-state index in [9.17, 15) is 4.79 Å². The summed E-state index contributed by atoms with van der Waals surface area (Å²) in [6.07, 6.45) is 8.33. The zero-order valence-corrected chi connectivity index (χ0v) is 14.6. The van der Waals surface area contributed by atoms with E-state index >= 15 is 0 Å². The number of hydrogen-bond acceptors (Lipinski definition) is 4. The van der Waals surface area contributed by atoms with Crippen LogP contribution < -0.4 is 4.74 Å². The lowest BCUT2D eigenvalue weighted by Crippen LogP contribution is -1.97. The van der Waals surface area contributed by atoms with Crippen molar-refractivity contribution in [1.29, 1.82) is 0 Å². The molecule has 0 aromatic heterocycles. The van der Waals surface area contributed by atoms with Gasteiger partial charge in [-0.05, 0) is 42.6 Å². The van der Waals surface area contributed by atoms with Crippen molar-refractivity contribution in [2.45, 2.75) is 51.9 Å². The fourth-order valence-electron chi connectivity index (χ4n) is 2.15. The topological polar surface area (TPSA) is 75.1 Å². The molecule has 0 N–H and O–H groups in total. The average Bonchev–Trinajstić information content (AvgIpc) is 2.54. The monoisotopic (exact) mass is 335 g/mol. The first-order valence-corrected chi connectivity index (χ1v) is 9.12. The predicted molar refractivity (Wildman–Crippen MR) is 96.2 cm³/mol. The zero-order valence-electron chi connectivity index (χ0n) is 13.7. The van der Waals surface area contributed by atoms with E-state index < -0.39 is 0 Å². The Morgan fingerprint density at radius 2 is 1.70 bits per heavy atom. The van der Waals surface area contributed by atoms with Crippen LogP contribution >= 0.6 is 11.8 Å². The van der Waals surface area contributed by atoms with Gasteiger partial charge in [0.25, 0.3) is 0 Å². The van der Waals surface area contributed by atoms with Gasteiger partial charge in [0.2, 0.25) is 0 Å². The molecular weight excluding hydrogens is 310 g/mol. The van der Waals surface area contributed by atoms with E-state index in [4.69, 9.17) is 10.3 Å². The van der Waals surface area contributed by atoms with Crippen LogP contribution in [0.1, 0.15) is 51.9 Å². The van der Waals surface area contributed by atoms with E-state index in [0.717, 1.165) is 31.0 Å². The Balaban J connectivity index is 1.93. The fourth-order valence-corrected chi connectivity index (χ4v) is 2.79. The molecule has 5 nitrogen and oxygen atoms in total. The first-order valence-electron chi connectivity index (χ1n) is 8.13. The lowest BCUT2D eigenvalue weighted by molar-refractivity contribution is -0.109. The van der Waals surface area contributed by atoms with Gasteiger partial charge in [-0.3, -0.25) is 4.79 Å². The molecule has 0 saturated heterocycles. The van der Waals surface area contributed by atoms with Crippen molar-refractivity contribution in [3.63, 3.8) is 0 Å². The van der Waals surface area contributed by atoms with Gasteiger partial charge < -0.3 is 4.74 Å². The molecular formula is C17H25N3O2S. The normalized spacial score (nSPS) is 10.1. The highest BCUT2D eigenvalue weighted by Gasteiger charge is 1.97. The molecule has 0 heterocycles. The highest BCUT2D eigenvalue weighted by atomic mass is 32.2. The third-order valence-electron chi connectivity index (χ3n) is 3.36. The van der Waals surface area contributed by atoms with Gasteiger partial charge in [-0.1, -0.05) is 49.0 Å². The molecule has 23 heavy (non-hydrogen) atoms. The van der Waals surface area contributed by atoms with Gasteiger partial charge in [0.05, 0.1) is 6.61 Å². The van der Waals surface area contributed by atoms with Crippen molar-refractivity contribution < 1.29 is 9.53 Å². The van der Waals surface area contributed by atoms with Crippen LogP contribution in [0.3, 0.4) is 0 Å². The second-order valence-corrected chi connectivity index (χ2v) is 6.62. The molecule has 0 aliphatic carbocycles. The van der Waals surface area contributed by atoms with E-state index in [-0.39, 0.29) is 5.12 Å². The fraction of sp³-hybridized carbons (Fsp3) is 0.588. The van der Waals surface area contributed by atoms with Gasteiger partial charge in [0.1, 0.15) is 5.75 Å². The Labute approximate surface area is 142 Å². The number of benzene rings is 1. The van der Waals surface area contributed by atoms with Gasteiger partial charge in [-0.25, -0.2) is 0 Å². The van der Waals surface area contributed by atoms with Crippen LogP contribution in [-0.4, -0.2) is 17.5 Å². The molecule has 126 valence electrons. The molecule has 1 aromatic carbocycles. The first kappa shape index (κ1) is 19.4. The molecule has 0 saturated carbocycles. The Morgan fingerprint density at radius 1 is 1.09 bits per heavy atom. The lowest BCUT2D eigenvalue weighted by atomic mass is 10.1. The molecule has 1 aromatic rings. The third-order valence-corrected chi connectivity index (χ3v) is 4.26. The van der Waals surface area contributed by atoms with E-state index in [1.807, 2.05) is 12.1 Å². The predicted octanol–water partition coefficient (Wildman–Crippen LogP) is 6.02. The van der Waals surface area contributed by atoms with Gasteiger partial charge in [-0.2, -0.15) is 0 Å². The second-order valence-electron chi connectivity index (χ2n) is 5.35. The Bertz CT molecular complexity index is 499. The molecule has 0 radical (unpaired) electrons. The van der Waals surface area contributed by atoms with Crippen molar-refractivity contribution in [2.24, 2.45) is 5.11 Å². The summed E-state index contributed by atoms with van der Waals surface area (Å²) in [7, 11) is 0. The minimum Gasteiger partial charge on any atom is -0.494 e. The maximum atomic E-state index is 10.8. The summed E-state index contributed by atoms with van der Waals surface area (Å²) in [5.74, 6) is 1.77. The highest BCUT2D eigenvalue weighted by molar-refractivity contribution is 8.13. The number of ether oxygens (including phenoxy) is 1. The van der Waals surface area contributed by atoms with Crippen molar-refractivity contribution in [2.75, 3.05) is 12.4 Å². The van der Waals surface area contributed by atoms with Crippen molar-refractivity contribution in [3.05, 3.63) is 34.7 Å². The van der Waals surface area contributed by atoms with E-state index in [1.165, 1.54) is 43.9 Å². The molecule has 0 bridgehead atoms. The minimum atomic E-state index is 0.220. The Morgan fingerprint density at radius 3 is 2.30 bits per heavy atom. The maximum Gasteiger partial charge on any atom is 0.185 e. The number of rotatable bonds is 12. The number of carbonyl (C=O) groups excluding carboxylic acids is 1. The minimum absolute atomic E-state index is 0.220. The Hall–Kier alpha value is -1.65. The average molecular weight is 335 g/mol. The van der Waals surface area contributed by atoms with Crippen LogP contribution in [0.2, 0.25) is 0 Å². The lowest BCUT2D eigenvalue weighted by Gasteiger charge is -2.06. The van der Waals surface area contributed by atoms with E-state index in [1.54, 1.807) is 19.1 Å². The number of azide groups is 1. The smallest absolute Gasteiger partial charge is 0.185 e. The molecule has 0 unspecified atom stereocenters. The summed E-state index contributed by atoms with van der Waals surface area (Å²) < 4.78 is 5.65. The number of hydrogen-bond donors (Lipinski definition) is 0. The van der Waals surface area contributed by atoms with Crippen molar-refractivity contribution in [3.8, 4) is 5.75 Å². The van der Waals surface area contributed by atoms with Crippen LogP contribution in [0.15, 0.2) is 29.4 Å². The number of carbonyl (C=O) groups is 1. The molecule has 0 spiro atoms. The molecule has 0 fully saturated rings. The SMILES string of the molecule is CC(=O)SCCCCCCCCCOc1ccc(N=[N+]=[N-])cc1. The van der Waals surface area contributed by atoms with Crippen molar-refractivity contribution in [1.82, 2.24) is 0 Å².